The minimum absolute atomic E-state index is 0.994. The Morgan fingerprint density at radius 1 is 1.06 bits per heavy atom. The fraction of sp³-hybridized carbons (Fsp3) is 0.267. The molecule has 0 saturated carbocycles. The number of pyridine rings is 1. The highest BCUT2D eigenvalue weighted by molar-refractivity contribution is 5.78. The average molecular weight is 209 g/mol. The van der Waals surface area contributed by atoms with Gasteiger partial charge in [-0.3, -0.25) is 4.98 Å². The van der Waals surface area contributed by atoms with Crippen molar-refractivity contribution in [1.82, 2.24) is 4.98 Å². The first-order valence-electron chi connectivity index (χ1n) is 5.73. The van der Waals surface area contributed by atoms with Crippen LogP contribution < -0.4 is 0 Å². The van der Waals surface area contributed by atoms with Crippen LogP contribution in [0.25, 0.3) is 11.1 Å². The van der Waals surface area contributed by atoms with Gasteiger partial charge in [0.25, 0.3) is 0 Å². The monoisotopic (exact) mass is 209 g/mol. The van der Waals surface area contributed by atoms with Crippen molar-refractivity contribution in [2.45, 2.75) is 27.2 Å². The SMILES string of the molecule is Cc1cc2c(nc1C)Cc1cccc(C)c1-2. The first-order valence-corrected chi connectivity index (χ1v) is 5.73. The third-order valence-corrected chi connectivity index (χ3v) is 3.53. The quantitative estimate of drug-likeness (QED) is 0.551. The normalized spacial score (nSPS) is 12.4. The number of benzene rings is 1. The molecular weight excluding hydrogens is 194 g/mol. The Morgan fingerprint density at radius 2 is 1.88 bits per heavy atom. The first-order chi connectivity index (χ1) is 7.66. The molecule has 0 radical (unpaired) electrons. The van der Waals surface area contributed by atoms with Gasteiger partial charge in [-0.2, -0.15) is 0 Å². The molecule has 1 aliphatic rings. The maximum absolute atomic E-state index is 4.71. The molecule has 0 aliphatic heterocycles. The zero-order chi connectivity index (χ0) is 11.3. The van der Waals surface area contributed by atoms with Crippen LogP contribution in [0.15, 0.2) is 24.3 Å². The number of hydrogen-bond acceptors (Lipinski definition) is 1. The van der Waals surface area contributed by atoms with Crippen LogP contribution in [0, 0.1) is 20.8 Å². The lowest BCUT2D eigenvalue weighted by molar-refractivity contribution is 1.05. The largest absolute Gasteiger partial charge is 0.257 e. The van der Waals surface area contributed by atoms with E-state index in [9.17, 15) is 0 Å². The molecule has 0 unspecified atom stereocenters. The lowest BCUT2D eigenvalue weighted by atomic mass is 10.0. The molecule has 0 spiro atoms. The molecular formula is C15H15N. The van der Waals surface area contributed by atoms with Crippen molar-refractivity contribution in [1.29, 1.82) is 0 Å². The maximum Gasteiger partial charge on any atom is 0.0529 e. The minimum Gasteiger partial charge on any atom is -0.257 e. The van der Waals surface area contributed by atoms with Crippen LogP contribution in [0.1, 0.15) is 28.1 Å². The summed E-state index contributed by atoms with van der Waals surface area (Å²) in [5, 5.41) is 0. The van der Waals surface area contributed by atoms with Crippen molar-refractivity contribution >= 4 is 0 Å². The fourth-order valence-corrected chi connectivity index (χ4v) is 2.55. The number of aromatic nitrogens is 1. The Labute approximate surface area is 96.2 Å². The molecule has 1 aliphatic carbocycles. The lowest BCUT2D eigenvalue weighted by Crippen LogP contribution is -1.93. The van der Waals surface area contributed by atoms with Gasteiger partial charge in [-0.15, -0.1) is 0 Å². The van der Waals surface area contributed by atoms with E-state index in [1.807, 2.05) is 0 Å². The van der Waals surface area contributed by atoms with Crippen molar-refractivity contribution in [2.24, 2.45) is 0 Å². The van der Waals surface area contributed by atoms with Gasteiger partial charge in [0.15, 0.2) is 0 Å². The second-order valence-electron chi connectivity index (χ2n) is 4.67. The Kier molecular flexibility index (Phi) is 1.90. The predicted molar refractivity (Wildman–Crippen MR) is 66.7 cm³/mol. The summed E-state index contributed by atoms with van der Waals surface area (Å²) >= 11 is 0. The molecule has 1 heteroatoms. The smallest absolute Gasteiger partial charge is 0.0529 e. The summed E-state index contributed by atoms with van der Waals surface area (Å²) in [5.74, 6) is 0. The van der Waals surface area contributed by atoms with Gasteiger partial charge >= 0.3 is 0 Å². The summed E-state index contributed by atoms with van der Waals surface area (Å²) in [6, 6.07) is 8.83. The van der Waals surface area contributed by atoms with Crippen LogP contribution >= 0.6 is 0 Å². The van der Waals surface area contributed by atoms with Crippen molar-refractivity contribution < 1.29 is 0 Å². The molecule has 0 N–H and O–H groups in total. The molecule has 0 amide bonds. The third-order valence-electron chi connectivity index (χ3n) is 3.53. The molecule has 0 saturated heterocycles. The highest BCUT2D eigenvalue weighted by Gasteiger charge is 2.21. The minimum atomic E-state index is 0.994. The third kappa shape index (κ3) is 1.21. The Hall–Kier alpha value is -1.63. The summed E-state index contributed by atoms with van der Waals surface area (Å²) in [6.45, 7) is 6.41. The van der Waals surface area contributed by atoms with E-state index < -0.39 is 0 Å². The highest BCUT2D eigenvalue weighted by atomic mass is 14.7. The van der Waals surface area contributed by atoms with E-state index in [0.717, 1.165) is 12.1 Å². The van der Waals surface area contributed by atoms with Crippen molar-refractivity contribution in [3.05, 3.63) is 52.3 Å². The van der Waals surface area contributed by atoms with Crippen molar-refractivity contribution in [2.75, 3.05) is 0 Å². The van der Waals surface area contributed by atoms with Gasteiger partial charge in [-0.1, -0.05) is 18.2 Å². The molecule has 3 rings (SSSR count). The van der Waals surface area contributed by atoms with Gasteiger partial charge in [0.2, 0.25) is 0 Å². The molecule has 0 atom stereocenters. The second-order valence-corrected chi connectivity index (χ2v) is 4.67. The van der Waals surface area contributed by atoms with Crippen LogP contribution in [0.5, 0.6) is 0 Å². The van der Waals surface area contributed by atoms with Crippen molar-refractivity contribution in [3.63, 3.8) is 0 Å². The van der Waals surface area contributed by atoms with Crippen LogP contribution in [0.2, 0.25) is 0 Å². The molecule has 1 heterocycles. The molecule has 0 bridgehead atoms. The van der Waals surface area contributed by atoms with Gasteiger partial charge in [0.1, 0.15) is 0 Å². The van der Waals surface area contributed by atoms with Crippen LogP contribution in [0.4, 0.5) is 0 Å². The van der Waals surface area contributed by atoms with Gasteiger partial charge in [-0.25, -0.2) is 0 Å². The Morgan fingerprint density at radius 3 is 2.69 bits per heavy atom. The first kappa shape index (κ1) is 9.59. The molecule has 2 aromatic rings. The highest BCUT2D eigenvalue weighted by Crippen LogP contribution is 2.38. The van der Waals surface area contributed by atoms with Crippen LogP contribution in [-0.2, 0) is 6.42 Å². The van der Waals surface area contributed by atoms with E-state index in [0.29, 0.717) is 0 Å². The molecule has 1 nitrogen and oxygen atoms in total. The molecule has 0 fully saturated rings. The second kappa shape index (κ2) is 3.18. The van der Waals surface area contributed by atoms with Crippen molar-refractivity contribution in [3.8, 4) is 11.1 Å². The van der Waals surface area contributed by atoms with Gasteiger partial charge < -0.3 is 0 Å². The maximum atomic E-state index is 4.71. The predicted octanol–water partition coefficient (Wildman–Crippen LogP) is 3.58. The number of rotatable bonds is 0. The summed E-state index contributed by atoms with van der Waals surface area (Å²) < 4.78 is 0. The number of hydrogen-bond donors (Lipinski definition) is 0. The van der Waals surface area contributed by atoms with E-state index in [1.54, 1.807) is 0 Å². The number of nitrogens with zero attached hydrogens (tertiary/aromatic N) is 1. The molecule has 1 aromatic heterocycles. The van der Waals surface area contributed by atoms with Crippen LogP contribution in [-0.4, -0.2) is 4.98 Å². The van der Waals surface area contributed by atoms with E-state index in [-0.39, 0.29) is 0 Å². The Bertz CT molecular complexity index is 582. The van der Waals surface area contributed by atoms with E-state index in [4.69, 9.17) is 4.98 Å². The van der Waals surface area contributed by atoms with Gasteiger partial charge in [0, 0.05) is 17.7 Å². The number of fused-ring (bicyclic) bond motifs is 3. The average Bonchev–Trinajstić information content (AvgIpc) is 2.58. The summed E-state index contributed by atoms with van der Waals surface area (Å²) in [6.07, 6.45) is 0.994. The van der Waals surface area contributed by atoms with E-state index in [2.05, 4.69) is 45.0 Å². The summed E-state index contributed by atoms with van der Waals surface area (Å²) in [5.41, 5.74) is 9.23. The molecule has 16 heavy (non-hydrogen) atoms. The van der Waals surface area contributed by atoms with E-state index in [1.165, 1.54) is 33.5 Å². The molecule has 80 valence electrons. The lowest BCUT2D eigenvalue weighted by Gasteiger charge is -2.07. The standard InChI is InChI=1S/C15H15N/c1-9-5-4-6-12-8-14-13(15(9)12)7-10(2)11(3)16-14/h4-7H,8H2,1-3H3. The van der Waals surface area contributed by atoms with Crippen LogP contribution in [0.3, 0.4) is 0 Å². The Balaban J connectivity index is 2.32. The number of aryl methyl sites for hydroxylation is 3. The topological polar surface area (TPSA) is 12.9 Å². The fourth-order valence-electron chi connectivity index (χ4n) is 2.55. The van der Waals surface area contributed by atoms with E-state index >= 15 is 0 Å². The summed E-state index contributed by atoms with van der Waals surface area (Å²) in [7, 11) is 0. The zero-order valence-corrected chi connectivity index (χ0v) is 9.96. The van der Waals surface area contributed by atoms with Gasteiger partial charge in [0.05, 0.1) is 5.69 Å². The molecule has 1 aromatic carbocycles. The summed E-state index contributed by atoms with van der Waals surface area (Å²) in [4.78, 5) is 4.71. The van der Waals surface area contributed by atoms with Gasteiger partial charge in [-0.05, 0) is 49.1 Å². The zero-order valence-electron chi connectivity index (χ0n) is 9.96.